The Morgan fingerprint density at radius 2 is 1.87 bits per heavy atom. The molecule has 0 saturated heterocycles. The van der Waals surface area contributed by atoms with Gasteiger partial charge in [-0.15, -0.1) is 0 Å². The van der Waals surface area contributed by atoms with Crippen LogP contribution in [0.15, 0.2) is 70.0 Å². The summed E-state index contributed by atoms with van der Waals surface area (Å²) in [5.74, 6) is 0.322. The summed E-state index contributed by atoms with van der Waals surface area (Å²) in [4.78, 5) is 7.97. The fourth-order valence-corrected chi connectivity index (χ4v) is 4.47. The molecule has 4 aromatic rings. The number of halogens is 2. The van der Waals surface area contributed by atoms with E-state index in [2.05, 4.69) is 30.6 Å². The first kappa shape index (κ1) is 20.5. The fraction of sp³-hybridized carbons (Fsp3) is 0.0455. The first-order valence-electron chi connectivity index (χ1n) is 9.03. The molecule has 1 aromatic heterocycles. The molecule has 0 radical (unpaired) electrons. The minimum absolute atomic E-state index is 0.216. The first-order valence-corrected chi connectivity index (χ1v) is 11.3. The number of fused-ring (bicyclic) bond motifs is 1. The SMILES string of the molecule is CNS(=O)(=O)c1ccccc1-c1ccc2nc(C=Cc3ccc(F)c(Br)c3)[nH]c2c1. The second-order valence-electron chi connectivity index (χ2n) is 6.56. The van der Waals surface area contributed by atoms with Crippen LogP contribution in [0.2, 0.25) is 0 Å². The molecule has 0 aliphatic carbocycles. The van der Waals surface area contributed by atoms with E-state index in [9.17, 15) is 12.8 Å². The van der Waals surface area contributed by atoms with Crippen molar-refractivity contribution in [1.82, 2.24) is 14.7 Å². The van der Waals surface area contributed by atoms with Gasteiger partial charge in [0.25, 0.3) is 0 Å². The number of nitrogens with one attached hydrogen (secondary N) is 2. The lowest BCUT2D eigenvalue weighted by Crippen LogP contribution is -2.19. The summed E-state index contributed by atoms with van der Waals surface area (Å²) in [6.07, 6.45) is 3.64. The summed E-state index contributed by atoms with van der Waals surface area (Å²) in [5.41, 5.74) is 3.74. The van der Waals surface area contributed by atoms with Gasteiger partial charge in [0.15, 0.2) is 0 Å². The van der Waals surface area contributed by atoms with Crippen molar-refractivity contribution in [2.45, 2.75) is 4.90 Å². The molecule has 0 amide bonds. The van der Waals surface area contributed by atoms with E-state index in [1.54, 1.807) is 42.5 Å². The number of hydrogen-bond acceptors (Lipinski definition) is 3. The van der Waals surface area contributed by atoms with Crippen molar-refractivity contribution in [3.05, 3.63) is 82.3 Å². The van der Waals surface area contributed by atoms with Crippen molar-refractivity contribution in [3.63, 3.8) is 0 Å². The number of nitrogens with zero attached hydrogens (tertiary/aromatic N) is 1. The van der Waals surface area contributed by atoms with Crippen LogP contribution >= 0.6 is 15.9 Å². The van der Waals surface area contributed by atoms with Gasteiger partial charge in [-0.05, 0) is 70.5 Å². The molecule has 0 atom stereocenters. The topological polar surface area (TPSA) is 74.8 Å². The number of sulfonamides is 1. The number of H-pyrrole nitrogens is 1. The fourth-order valence-electron chi connectivity index (χ4n) is 3.12. The summed E-state index contributed by atoms with van der Waals surface area (Å²) in [7, 11) is -2.20. The van der Waals surface area contributed by atoms with Crippen molar-refractivity contribution in [3.8, 4) is 11.1 Å². The van der Waals surface area contributed by atoms with E-state index < -0.39 is 10.0 Å². The van der Waals surface area contributed by atoms with Crippen molar-refractivity contribution in [2.24, 2.45) is 0 Å². The van der Waals surface area contributed by atoms with Crippen LogP contribution in [0.5, 0.6) is 0 Å². The predicted molar refractivity (Wildman–Crippen MR) is 121 cm³/mol. The third kappa shape index (κ3) is 4.07. The maximum atomic E-state index is 13.4. The average Bonchev–Trinajstić information content (AvgIpc) is 3.16. The van der Waals surface area contributed by atoms with Gasteiger partial charge >= 0.3 is 0 Å². The number of rotatable bonds is 5. The van der Waals surface area contributed by atoms with Crippen molar-refractivity contribution in [1.29, 1.82) is 0 Å². The Kier molecular flexibility index (Phi) is 5.55. The van der Waals surface area contributed by atoms with Gasteiger partial charge in [0.2, 0.25) is 10.0 Å². The van der Waals surface area contributed by atoms with Gasteiger partial charge in [0, 0.05) is 5.56 Å². The van der Waals surface area contributed by atoms with E-state index in [1.807, 2.05) is 24.3 Å². The van der Waals surface area contributed by atoms with Crippen LogP contribution in [0, 0.1) is 5.82 Å². The molecular formula is C22H17BrFN3O2S. The highest BCUT2D eigenvalue weighted by Gasteiger charge is 2.17. The molecule has 0 saturated carbocycles. The molecule has 0 fully saturated rings. The van der Waals surface area contributed by atoms with Crippen molar-refractivity contribution < 1.29 is 12.8 Å². The van der Waals surface area contributed by atoms with Crippen LogP contribution in [0.4, 0.5) is 4.39 Å². The summed E-state index contributed by atoms with van der Waals surface area (Å²) in [6.45, 7) is 0. The zero-order valence-electron chi connectivity index (χ0n) is 15.9. The van der Waals surface area contributed by atoms with Crippen LogP contribution in [0.3, 0.4) is 0 Å². The van der Waals surface area contributed by atoms with E-state index in [0.29, 0.717) is 15.9 Å². The molecule has 0 unspecified atom stereocenters. The van der Waals surface area contributed by atoms with Crippen LogP contribution in [0.1, 0.15) is 11.4 Å². The monoisotopic (exact) mass is 485 g/mol. The molecule has 0 spiro atoms. The molecule has 2 N–H and O–H groups in total. The smallest absolute Gasteiger partial charge is 0.240 e. The second kappa shape index (κ2) is 8.14. The van der Waals surface area contributed by atoms with Gasteiger partial charge in [-0.1, -0.05) is 36.4 Å². The number of aromatic amines is 1. The second-order valence-corrected chi connectivity index (χ2v) is 9.27. The van der Waals surface area contributed by atoms with Crippen molar-refractivity contribution in [2.75, 3.05) is 7.05 Å². The van der Waals surface area contributed by atoms with E-state index in [0.717, 1.165) is 22.2 Å². The van der Waals surface area contributed by atoms with Crippen molar-refractivity contribution >= 4 is 49.1 Å². The minimum atomic E-state index is -3.59. The molecule has 0 bridgehead atoms. The molecule has 152 valence electrons. The molecule has 4 rings (SSSR count). The Bertz CT molecular complexity index is 1380. The van der Waals surface area contributed by atoms with Crippen LogP contribution < -0.4 is 4.72 Å². The summed E-state index contributed by atoms with van der Waals surface area (Å²) in [5, 5.41) is 0. The van der Waals surface area contributed by atoms with Gasteiger partial charge < -0.3 is 4.98 Å². The molecule has 8 heteroatoms. The molecular weight excluding hydrogens is 469 g/mol. The Labute approximate surface area is 181 Å². The summed E-state index contributed by atoms with van der Waals surface area (Å²) in [6, 6.07) is 17.2. The largest absolute Gasteiger partial charge is 0.338 e. The number of imidazole rings is 1. The van der Waals surface area contributed by atoms with E-state index in [-0.39, 0.29) is 10.7 Å². The molecule has 0 aliphatic heterocycles. The minimum Gasteiger partial charge on any atom is -0.338 e. The summed E-state index contributed by atoms with van der Waals surface area (Å²) < 4.78 is 40.9. The van der Waals surface area contributed by atoms with Crippen LogP contribution in [-0.2, 0) is 10.0 Å². The Hall–Kier alpha value is -2.81. The molecule has 5 nitrogen and oxygen atoms in total. The normalized spacial score (nSPS) is 12.1. The van der Waals surface area contributed by atoms with E-state index in [4.69, 9.17) is 0 Å². The van der Waals surface area contributed by atoms with Gasteiger partial charge in [0.05, 0.1) is 20.4 Å². The highest BCUT2D eigenvalue weighted by atomic mass is 79.9. The highest BCUT2D eigenvalue weighted by molar-refractivity contribution is 9.10. The maximum absolute atomic E-state index is 13.4. The number of aromatic nitrogens is 2. The van der Waals surface area contributed by atoms with E-state index in [1.165, 1.54) is 13.1 Å². The van der Waals surface area contributed by atoms with Gasteiger partial charge in [0.1, 0.15) is 11.6 Å². The van der Waals surface area contributed by atoms with Gasteiger partial charge in [-0.25, -0.2) is 22.5 Å². The average molecular weight is 486 g/mol. The zero-order chi connectivity index (χ0) is 21.3. The van der Waals surface area contributed by atoms with E-state index >= 15 is 0 Å². The lowest BCUT2D eigenvalue weighted by atomic mass is 10.1. The Balaban J connectivity index is 1.70. The number of hydrogen-bond donors (Lipinski definition) is 2. The standard InChI is InChI=1S/C22H17BrFN3O2S/c1-25-30(28,29)21-5-3-2-4-16(21)15-8-10-19-20(13-15)27-22(26-19)11-7-14-6-9-18(24)17(23)12-14/h2-13,25H,1H3,(H,26,27). The Morgan fingerprint density at radius 1 is 1.07 bits per heavy atom. The molecule has 0 aliphatic rings. The molecule has 3 aromatic carbocycles. The summed E-state index contributed by atoms with van der Waals surface area (Å²) >= 11 is 3.18. The third-order valence-corrected chi connectivity index (χ3v) is 6.71. The quantitative estimate of drug-likeness (QED) is 0.407. The number of benzene rings is 3. The predicted octanol–water partition coefficient (Wildman–Crippen LogP) is 5.21. The van der Waals surface area contributed by atoms with Crippen LogP contribution in [0.25, 0.3) is 34.3 Å². The zero-order valence-corrected chi connectivity index (χ0v) is 18.3. The highest BCUT2D eigenvalue weighted by Crippen LogP contribution is 2.29. The molecule has 30 heavy (non-hydrogen) atoms. The van der Waals surface area contributed by atoms with Gasteiger partial charge in [-0.3, -0.25) is 0 Å². The lowest BCUT2D eigenvalue weighted by Gasteiger charge is -2.09. The first-order chi connectivity index (χ1) is 14.4. The third-order valence-electron chi connectivity index (χ3n) is 4.63. The molecule has 1 heterocycles. The van der Waals surface area contributed by atoms with Crippen LogP contribution in [-0.4, -0.2) is 25.4 Å². The lowest BCUT2D eigenvalue weighted by molar-refractivity contribution is 0.588. The Morgan fingerprint density at radius 3 is 2.63 bits per heavy atom. The van der Waals surface area contributed by atoms with Gasteiger partial charge in [-0.2, -0.15) is 0 Å². The maximum Gasteiger partial charge on any atom is 0.240 e.